The molecule has 1 aliphatic heterocycles. The maximum atomic E-state index is 5.48. The highest BCUT2D eigenvalue weighted by molar-refractivity contribution is 5.05. The molecule has 0 amide bonds. The van der Waals surface area contributed by atoms with Gasteiger partial charge in [0, 0.05) is 13.7 Å². The highest BCUT2D eigenvalue weighted by Gasteiger charge is 2.34. The minimum absolute atomic E-state index is 0.328. The number of methoxy groups -OCH3 is 1. The number of aromatic nitrogens is 2. The third-order valence-electron chi connectivity index (χ3n) is 3.87. The van der Waals surface area contributed by atoms with Crippen LogP contribution in [0.3, 0.4) is 0 Å². The average molecular weight is 239 g/mol. The van der Waals surface area contributed by atoms with E-state index in [1.54, 1.807) is 7.11 Å². The first-order chi connectivity index (χ1) is 8.10. The first-order valence-electron chi connectivity index (χ1n) is 6.20. The fraction of sp³-hybridized carbons (Fsp3) is 0.833. The Bertz CT molecular complexity index is 374. The molecule has 1 aliphatic rings. The van der Waals surface area contributed by atoms with E-state index in [2.05, 4.69) is 29.3 Å². The lowest BCUT2D eigenvalue weighted by atomic mass is 9.98. The van der Waals surface area contributed by atoms with Crippen LogP contribution in [0, 0.1) is 5.92 Å². The van der Waals surface area contributed by atoms with E-state index in [-0.39, 0.29) is 0 Å². The standard InChI is InChI=1S/C12H21N3O2/c1-5-12(3,16-4)11-14-10(17-15-11)9-7-13-6-8(9)2/h8-9,13H,5-7H2,1-4H3/t8-,9-,12?/m1/s1. The van der Waals surface area contributed by atoms with E-state index in [1.165, 1.54) is 0 Å². The summed E-state index contributed by atoms with van der Waals surface area (Å²) in [4.78, 5) is 4.51. The molecule has 0 aliphatic carbocycles. The quantitative estimate of drug-likeness (QED) is 0.866. The van der Waals surface area contributed by atoms with E-state index in [0.29, 0.717) is 17.7 Å². The zero-order valence-corrected chi connectivity index (χ0v) is 11.0. The minimum atomic E-state index is -0.447. The predicted molar refractivity (Wildman–Crippen MR) is 63.7 cm³/mol. The smallest absolute Gasteiger partial charge is 0.231 e. The molecule has 5 nitrogen and oxygen atoms in total. The van der Waals surface area contributed by atoms with E-state index < -0.39 is 5.60 Å². The largest absolute Gasteiger partial charge is 0.370 e. The van der Waals surface area contributed by atoms with Gasteiger partial charge in [0.1, 0.15) is 5.60 Å². The summed E-state index contributed by atoms with van der Waals surface area (Å²) in [6, 6.07) is 0. The summed E-state index contributed by atoms with van der Waals surface area (Å²) in [7, 11) is 1.68. The van der Waals surface area contributed by atoms with Gasteiger partial charge in [-0.2, -0.15) is 4.98 Å². The highest BCUT2D eigenvalue weighted by Crippen LogP contribution is 2.30. The van der Waals surface area contributed by atoms with Crippen LogP contribution in [0.25, 0.3) is 0 Å². The first-order valence-corrected chi connectivity index (χ1v) is 6.20. The van der Waals surface area contributed by atoms with Crippen LogP contribution in [-0.2, 0) is 10.3 Å². The van der Waals surface area contributed by atoms with Crippen molar-refractivity contribution in [2.75, 3.05) is 20.2 Å². The topological polar surface area (TPSA) is 60.2 Å². The van der Waals surface area contributed by atoms with Crippen LogP contribution in [0.2, 0.25) is 0 Å². The van der Waals surface area contributed by atoms with Crippen LogP contribution in [0.1, 0.15) is 44.8 Å². The summed E-state index contributed by atoms with van der Waals surface area (Å²) in [6.45, 7) is 8.16. The van der Waals surface area contributed by atoms with Crippen molar-refractivity contribution in [3.8, 4) is 0 Å². The molecule has 2 heterocycles. The summed E-state index contributed by atoms with van der Waals surface area (Å²) >= 11 is 0. The molecule has 96 valence electrons. The summed E-state index contributed by atoms with van der Waals surface area (Å²) in [5.74, 6) is 2.25. The first kappa shape index (κ1) is 12.5. The van der Waals surface area contributed by atoms with Crippen molar-refractivity contribution in [1.29, 1.82) is 0 Å². The van der Waals surface area contributed by atoms with Crippen molar-refractivity contribution in [2.24, 2.45) is 5.92 Å². The van der Waals surface area contributed by atoms with Gasteiger partial charge in [-0.05, 0) is 25.8 Å². The van der Waals surface area contributed by atoms with Crippen LogP contribution in [-0.4, -0.2) is 30.3 Å². The number of nitrogens with zero attached hydrogens (tertiary/aromatic N) is 2. The second kappa shape index (κ2) is 4.74. The van der Waals surface area contributed by atoms with E-state index in [0.717, 1.165) is 25.4 Å². The lowest BCUT2D eigenvalue weighted by Gasteiger charge is -2.21. The molecule has 3 atom stereocenters. The zero-order valence-electron chi connectivity index (χ0n) is 11.0. The molecule has 1 aromatic heterocycles. The molecular weight excluding hydrogens is 218 g/mol. The predicted octanol–water partition coefficient (Wildman–Crippen LogP) is 1.66. The monoisotopic (exact) mass is 239 g/mol. The SMILES string of the molecule is CCC(C)(OC)c1noc([C@@H]2CNC[C@H]2C)n1. The Morgan fingerprint density at radius 1 is 1.53 bits per heavy atom. The number of hydrogen-bond donors (Lipinski definition) is 1. The van der Waals surface area contributed by atoms with Gasteiger partial charge in [-0.1, -0.05) is 19.0 Å². The van der Waals surface area contributed by atoms with Gasteiger partial charge in [0.05, 0.1) is 5.92 Å². The van der Waals surface area contributed by atoms with Gasteiger partial charge in [0.25, 0.3) is 0 Å². The molecule has 5 heteroatoms. The molecule has 17 heavy (non-hydrogen) atoms. The number of rotatable bonds is 4. The molecule has 0 spiro atoms. The highest BCUT2D eigenvalue weighted by atomic mass is 16.5. The Labute approximate surface area is 102 Å². The fourth-order valence-corrected chi connectivity index (χ4v) is 2.14. The molecule has 0 bridgehead atoms. The zero-order chi connectivity index (χ0) is 12.5. The van der Waals surface area contributed by atoms with Crippen molar-refractivity contribution in [1.82, 2.24) is 15.5 Å². The Kier molecular flexibility index (Phi) is 3.49. The minimum Gasteiger partial charge on any atom is -0.370 e. The Hall–Kier alpha value is -0.940. The van der Waals surface area contributed by atoms with Gasteiger partial charge in [-0.25, -0.2) is 0 Å². The molecule has 1 fully saturated rings. The Balaban J connectivity index is 2.21. The van der Waals surface area contributed by atoms with E-state index >= 15 is 0 Å². The van der Waals surface area contributed by atoms with Crippen molar-refractivity contribution < 1.29 is 9.26 Å². The van der Waals surface area contributed by atoms with E-state index in [4.69, 9.17) is 9.26 Å². The lowest BCUT2D eigenvalue weighted by molar-refractivity contribution is -0.0106. The van der Waals surface area contributed by atoms with Crippen molar-refractivity contribution in [3.63, 3.8) is 0 Å². The second-order valence-corrected chi connectivity index (χ2v) is 4.99. The van der Waals surface area contributed by atoms with Crippen molar-refractivity contribution >= 4 is 0 Å². The average Bonchev–Trinajstić information content (AvgIpc) is 2.96. The normalized spacial score (nSPS) is 28.2. The maximum absolute atomic E-state index is 5.48. The van der Waals surface area contributed by atoms with E-state index in [1.807, 2.05) is 6.92 Å². The summed E-state index contributed by atoms with van der Waals surface area (Å²) in [6.07, 6.45) is 0.820. The van der Waals surface area contributed by atoms with Crippen molar-refractivity contribution in [2.45, 2.75) is 38.7 Å². The van der Waals surface area contributed by atoms with Crippen LogP contribution in [0.5, 0.6) is 0 Å². The second-order valence-electron chi connectivity index (χ2n) is 4.99. The van der Waals surface area contributed by atoms with Crippen LogP contribution in [0.4, 0.5) is 0 Å². The number of hydrogen-bond acceptors (Lipinski definition) is 5. The van der Waals surface area contributed by atoms with Gasteiger partial charge >= 0.3 is 0 Å². The Morgan fingerprint density at radius 2 is 2.29 bits per heavy atom. The molecule has 0 saturated carbocycles. The number of ether oxygens (including phenoxy) is 1. The number of nitrogens with one attached hydrogen (secondary N) is 1. The van der Waals surface area contributed by atoms with E-state index in [9.17, 15) is 0 Å². The lowest BCUT2D eigenvalue weighted by Crippen LogP contribution is -2.25. The van der Waals surface area contributed by atoms with Gasteiger partial charge in [0.15, 0.2) is 0 Å². The molecule has 1 saturated heterocycles. The summed E-state index contributed by atoms with van der Waals surface area (Å²) < 4.78 is 10.9. The molecule has 1 unspecified atom stereocenters. The molecule has 2 rings (SSSR count). The van der Waals surface area contributed by atoms with Gasteiger partial charge in [-0.3, -0.25) is 0 Å². The summed E-state index contributed by atoms with van der Waals surface area (Å²) in [5, 5.41) is 7.41. The molecule has 0 radical (unpaired) electrons. The third kappa shape index (κ3) is 2.21. The van der Waals surface area contributed by atoms with Crippen molar-refractivity contribution in [3.05, 3.63) is 11.7 Å². The van der Waals surface area contributed by atoms with Crippen LogP contribution >= 0.6 is 0 Å². The molecule has 1 aromatic rings. The van der Waals surface area contributed by atoms with Crippen LogP contribution in [0.15, 0.2) is 4.52 Å². The van der Waals surface area contributed by atoms with Gasteiger partial charge in [-0.15, -0.1) is 0 Å². The fourth-order valence-electron chi connectivity index (χ4n) is 2.14. The molecule has 0 aromatic carbocycles. The van der Waals surface area contributed by atoms with Crippen LogP contribution < -0.4 is 5.32 Å². The summed E-state index contributed by atoms with van der Waals surface area (Å²) in [5.41, 5.74) is -0.447. The maximum Gasteiger partial charge on any atom is 0.231 e. The Morgan fingerprint density at radius 3 is 2.82 bits per heavy atom. The van der Waals surface area contributed by atoms with Gasteiger partial charge in [0.2, 0.25) is 11.7 Å². The molecule has 1 N–H and O–H groups in total. The molecular formula is C12H21N3O2. The van der Waals surface area contributed by atoms with Gasteiger partial charge < -0.3 is 14.6 Å². The third-order valence-corrected chi connectivity index (χ3v) is 3.87.